The largest absolute Gasteiger partial charge is 0.756 e. The van der Waals surface area contributed by atoms with E-state index < -0.39 is 13.9 Å². The molecule has 0 heterocycles. The normalized spacial score (nSPS) is 13.9. The predicted octanol–water partition coefficient (Wildman–Crippen LogP) is 14.3. The summed E-state index contributed by atoms with van der Waals surface area (Å²) in [5.74, 6) is -0.341. The second kappa shape index (κ2) is 43.4. The van der Waals surface area contributed by atoms with Crippen molar-refractivity contribution in [2.75, 3.05) is 54.1 Å². The maximum atomic E-state index is 12.7. The molecule has 8 nitrogen and oxygen atoms in total. The first kappa shape index (κ1) is 57.7. The topological polar surface area (TPSA) is 94.1 Å². The molecule has 0 aromatic heterocycles. The van der Waals surface area contributed by atoms with E-state index in [1.165, 1.54) is 154 Å². The van der Waals surface area contributed by atoms with Gasteiger partial charge in [0.1, 0.15) is 19.3 Å². The molecule has 0 saturated heterocycles. The molecule has 0 aliphatic rings. The Hall–Kier alpha value is -1.28. The van der Waals surface area contributed by atoms with Gasteiger partial charge in [-0.2, -0.15) is 0 Å². The Kier molecular flexibility index (Phi) is 42.4. The quantitative estimate of drug-likeness (QED) is 0.0198. The van der Waals surface area contributed by atoms with Gasteiger partial charge in [-0.1, -0.05) is 179 Å². The highest BCUT2D eigenvalue weighted by molar-refractivity contribution is 7.45. The number of hydrogen-bond acceptors (Lipinski definition) is 7. The number of likely N-dealkylation sites (N-methyl/N-ethyl adjacent to an activating group) is 1. The number of quaternary nitrogens is 1. The molecule has 0 aliphatic carbocycles. The average molecular weight is 854 g/mol. The molecule has 0 aromatic rings. The van der Waals surface area contributed by atoms with Gasteiger partial charge in [0.15, 0.2) is 0 Å². The molecule has 0 amide bonds. The van der Waals surface area contributed by atoms with E-state index in [1.807, 2.05) is 21.1 Å². The Bertz CT molecular complexity index is 1040. The predicted molar refractivity (Wildman–Crippen MR) is 250 cm³/mol. The zero-order valence-corrected chi connectivity index (χ0v) is 40.4. The van der Waals surface area contributed by atoms with Crippen molar-refractivity contribution in [1.82, 2.24) is 0 Å². The van der Waals surface area contributed by atoms with Crippen molar-refractivity contribution in [2.24, 2.45) is 0 Å². The third-order valence-electron chi connectivity index (χ3n) is 10.7. The molecule has 2 unspecified atom stereocenters. The second-order valence-electron chi connectivity index (χ2n) is 17.8. The summed E-state index contributed by atoms with van der Waals surface area (Å²) >= 11 is 0. The van der Waals surface area contributed by atoms with Crippen LogP contribution in [0.1, 0.15) is 219 Å². The lowest BCUT2D eigenvalue weighted by atomic mass is 10.1. The lowest BCUT2D eigenvalue weighted by Crippen LogP contribution is -2.37. The van der Waals surface area contributed by atoms with Crippen LogP contribution in [-0.2, 0) is 27.9 Å². The smallest absolute Gasteiger partial charge is 0.306 e. The highest BCUT2D eigenvalue weighted by Crippen LogP contribution is 2.38. The minimum atomic E-state index is -4.53. The molecule has 2 atom stereocenters. The Balaban J connectivity index is 4.18. The number of nitrogens with zero attached hydrogens (tertiary/aromatic N) is 1. The number of allylic oxidation sites excluding steroid dienone is 6. The van der Waals surface area contributed by atoms with Gasteiger partial charge in [-0.05, 0) is 70.6 Å². The third-order valence-corrected chi connectivity index (χ3v) is 11.6. The Morgan fingerprint density at radius 3 is 1.41 bits per heavy atom. The molecule has 0 N–H and O–H groups in total. The molecule has 9 heteroatoms. The van der Waals surface area contributed by atoms with E-state index in [4.69, 9.17) is 18.5 Å². The molecule has 0 saturated carbocycles. The first-order valence-electron chi connectivity index (χ1n) is 24.7. The Labute approximate surface area is 365 Å². The Morgan fingerprint density at radius 1 is 0.525 bits per heavy atom. The summed E-state index contributed by atoms with van der Waals surface area (Å²) in [5.41, 5.74) is 0. The number of ether oxygens (including phenoxy) is 2. The van der Waals surface area contributed by atoms with Crippen molar-refractivity contribution in [3.63, 3.8) is 0 Å². The van der Waals surface area contributed by atoms with E-state index in [-0.39, 0.29) is 25.8 Å². The van der Waals surface area contributed by atoms with Gasteiger partial charge in [0.2, 0.25) is 0 Å². The van der Waals surface area contributed by atoms with Crippen LogP contribution in [0.2, 0.25) is 0 Å². The third kappa shape index (κ3) is 47.6. The van der Waals surface area contributed by atoms with Crippen LogP contribution in [-0.4, -0.2) is 70.7 Å². The average Bonchev–Trinajstić information content (AvgIpc) is 3.19. The van der Waals surface area contributed by atoms with Crippen LogP contribution < -0.4 is 4.89 Å². The number of esters is 1. The summed E-state index contributed by atoms with van der Waals surface area (Å²) in [6.07, 6.45) is 51.6. The molecule has 0 aliphatic heterocycles. The van der Waals surface area contributed by atoms with E-state index in [1.54, 1.807) is 0 Å². The van der Waals surface area contributed by atoms with Crippen molar-refractivity contribution < 1.29 is 37.3 Å². The monoisotopic (exact) mass is 854 g/mol. The van der Waals surface area contributed by atoms with E-state index in [0.29, 0.717) is 24.1 Å². The fourth-order valence-electron chi connectivity index (χ4n) is 6.81. The van der Waals surface area contributed by atoms with Gasteiger partial charge >= 0.3 is 5.97 Å². The van der Waals surface area contributed by atoms with Gasteiger partial charge in [-0.15, -0.1) is 0 Å². The van der Waals surface area contributed by atoms with Crippen molar-refractivity contribution in [3.05, 3.63) is 36.5 Å². The summed E-state index contributed by atoms with van der Waals surface area (Å²) in [4.78, 5) is 25.1. The van der Waals surface area contributed by atoms with Gasteiger partial charge in [-0.3, -0.25) is 9.36 Å². The summed E-state index contributed by atoms with van der Waals surface area (Å²) in [5, 5.41) is 0. The van der Waals surface area contributed by atoms with Crippen molar-refractivity contribution in [1.29, 1.82) is 0 Å². The zero-order valence-electron chi connectivity index (χ0n) is 39.5. The van der Waals surface area contributed by atoms with Crippen molar-refractivity contribution >= 4 is 13.8 Å². The van der Waals surface area contributed by atoms with E-state index in [2.05, 4.69) is 50.3 Å². The number of rotatable bonds is 46. The maximum Gasteiger partial charge on any atom is 0.306 e. The van der Waals surface area contributed by atoms with Crippen LogP contribution >= 0.6 is 7.82 Å². The molecule has 0 bridgehead atoms. The van der Waals surface area contributed by atoms with Crippen LogP contribution in [0.15, 0.2) is 36.5 Å². The standard InChI is InChI=1S/C50H96NO7P/c1-6-8-10-12-14-16-18-20-22-24-26-28-30-32-34-36-38-40-42-45-55-47-49(48-57-59(53,54)56-46-44-51(3,4)5)58-50(52)43-41-39-37-35-33-31-29-27-25-23-21-19-17-15-13-11-9-7-2/h17,19,22-25,49H,6-16,18,20-21,26-48H2,1-5H3/b19-17-,24-22-,25-23-. The molecule has 348 valence electrons. The summed E-state index contributed by atoms with van der Waals surface area (Å²) in [7, 11) is 1.35. The number of phosphoric ester groups is 1. The van der Waals surface area contributed by atoms with Crippen LogP contribution in [0.25, 0.3) is 0 Å². The van der Waals surface area contributed by atoms with Crippen LogP contribution in [0, 0.1) is 0 Å². The molecular weight excluding hydrogens is 758 g/mol. The van der Waals surface area contributed by atoms with E-state index in [0.717, 1.165) is 44.9 Å². The summed E-state index contributed by atoms with van der Waals surface area (Å²) in [6, 6.07) is 0. The number of unbranched alkanes of at least 4 members (excludes halogenated alkanes) is 26. The minimum Gasteiger partial charge on any atom is -0.756 e. The van der Waals surface area contributed by atoms with Crippen LogP contribution in [0.4, 0.5) is 0 Å². The van der Waals surface area contributed by atoms with Gasteiger partial charge in [0.25, 0.3) is 7.82 Å². The minimum absolute atomic E-state index is 0.0240. The first-order chi connectivity index (χ1) is 28.6. The fraction of sp³-hybridized carbons (Fsp3) is 0.860. The Morgan fingerprint density at radius 2 is 0.932 bits per heavy atom. The van der Waals surface area contributed by atoms with Crippen molar-refractivity contribution in [3.8, 4) is 0 Å². The number of carbonyl (C=O) groups is 1. The van der Waals surface area contributed by atoms with Gasteiger partial charge in [0, 0.05) is 13.0 Å². The fourth-order valence-corrected chi connectivity index (χ4v) is 7.54. The van der Waals surface area contributed by atoms with E-state index >= 15 is 0 Å². The zero-order chi connectivity index (χ0) is 43.4. The highest BCUT2D eigenvalue weighted by Gasteiger charge is 2.20. The van der Waals surface area contributed by atoms with Crippen LogP contribution in [0.3, 0.4) is 0 Å². The number of carbonyl (C=O) groups excluding carboxylic acids is 1. The van der Waals surface area contributed by atoms with Crippen molar-refractivity contribution in [2.45, 2.75) is 225 Å². The summed E-state index contributed by atoms with van der Waals surface area (Å²) in [6.45, 7) is 5.40. The van der Waals surface area contributed by atoms with Gasteiger partial charge in [0.05, 0.1) is 34.4 Å². The number of hydrogen-bond donors (Lipinski definition) is 0. The lowest BCUT2D eigenvalue weighted by Gasteiger charge is -2.28. The number of phosphoric acid groups is 1. The maximum absolute atomic E-state index is 12.7. The van der Waals surface area contributed by atoms with Gasteiger partial charge in [-0.25, -0.2) is 0 Å². The molecular formula is C50H96NO7P. The lowest BCUT2D eigenvalue weighted by molar-refractivity contribution is -0.870. The van der Waals surface area contributed by atoms with Gasteiger partial charge < -0.3 is 27.9 Å². The molecule has 0 rings (SSSR count). The molecule has 0 spiro atoms. The highest BCUT2D eigenvalue weighted by atomic mass is 31.2. The second-order valence-corrected chi connectivity index (χ2v) is 19.2. The molecule has 0 fully saturated rings. The molecule has 0 radical (unpaired) electrons. The SMILES string of the molecule is CCCCCC/C=C\C/C=C\CCCCCCCCCC(=O)OC(COCCCCCCCCCC/C=C\CCCCCCCCC)COP(=O)([O-])OCC[N+](C)(C)C. The molecule has 59 heavy (non-hydrogen) atoms. The summed E-state index contributed by atoms with van der Waals surface area (Å²) < 4.78 is 34.7. The first-order valence-corrected chi connectivity index (χ1v) is 26.2. The van der Waals surface area contributed by atoms with E-state index in [9.17, 15) is 14.3 Å². The molecule has 0 aromatic carbocycles. The van der Waals surface area contributed by atoms with Crippen LogP contribution in [0.5, 0.6) is 0 Å².